The Morgan fingerprint density at radius 1 is 1.24 bits per heavy atom. The zero-order chi connectivity index (χ0) is 15.6. The lowest BCUT2D eigenvalue weighted by molar-refractivity contribution is 0.0991. The third kappa shape index (κ3) is 3.14. The monoisotopic (exact) mass is 308 g/mol. The highest BCUT2D eigenvalue weighted by Crippen LogP contribution is 2.20. The Balaban J connectivity index is 2.28. The molecule has 1 aromatic carbocycles. The molecule has 2 aromatic rings. The second kappa shape index (κ2) is 5.71. The quantitative estimate of drug-likeness (QED) is 0.931. The molecule has 0 radical (unpaired) electrons. The number of hydrogen-bond acceptors (Lipinski definition) is 4. The van der Waals surface area contributed by atoms with Gasteiger partial charge in [0.05, 0.1) is 16.7 Å². The van der Waals surface area contributed by atoms with Gasteiger partial charge in [0.25, 0.3) is 5.91 Å². The number of benzene rings is 1. The van der Waals surface area contributed by atoms with Crippen LogP contribution in [0.2, 0.25) is 0 Å². The number of amides is 1. The molecular weight excluding hydrogens is 292 g/mol. The van der Waals surface area contributed by atoms with Gasteiger partial charge in [-0.2, -0.15) is 0 Å². The molecule has 1 aromatic heterocycles. The molecule has 7 heteroatoms. The van der Waals surface area contributed by atoms with E-state index >= 15 is 0 Å². The van der Waals surface area contributed by atoms with Crippen molar-refractivity contribution in [2.24, 2.45) is 5.14 Å². The van der Waals surface area contributed by atoms with Crippen LogP contribution in [0.15, 0.2) is 45.9 Å². The van der Waals surface area contributed by atoms with Gasteiger partial charge in [-0.05, 0) is 30.3 Å². The van der Waals surface area contributed by atoms with E-state index in [1.165, 1.54) is 35.4 Å². The summed E-state index contributed by atoms with van der Waals surface area (Å²) in [5, 5.41) is 5.04. The van der Waals surface area contributed by atoms with E-state index in [1.807, 2.05) is 6.92 Å². The van der Waals surface area contributed by atoms with Crippen molar-refractivity contribution in [3.05, 3.63) is 47.9 Å². The molecule has 0 aliphatic rings. The molecule has 0 bridgehead atoms. The van der Waals surface area contributed by atoms with Gasteiger partial charge in [0.2, 0.25) is 10.0 Å². The summed E-state index contributed by atoms with van der Waals surface area (Å²) in [6, 6.07) is 7.41. The second-order valence-electron chi connectivity index (χ2n) is 4.51. The van der Waals surface area contributed by atoms with Crippen LogP contribution in [0.25, 0.3) is 0 Å². The van der Waals surface area contributed by atoms with Crippen molar-refractivity contribution in [1.29, 1.82) is 0 Å². The van der Waals surface area contributed by atoms with E-state index in [0.717, 1.165) is 0 Å². The lowest BCUT2D eigenvalue weighted by atomic mass is 10.2. The Kier molecular flexibility index (Phi) is 4.15. The van der Waals surface area contributed by atoms with Gasteiger partial charge in [-0.3, -0.25) is 4.79 Å². The van der Waals surface area contributed by atoms with E-state index in [4.69, 9.17) is 9.56 Å². The fraction of sp³-hybridized carbons (Fsp3) is 0.214. The van der Waals surface area contributed by atoms with Gasteiger partial charge in [0, 0.05) is 19.2 Å². The Hall–Kier alpha value is -2.12. The molecule has 21 heavy (non-hydrogen) atoms. The summed E-state index contributed by atoms with van der Waals surface area (Å²) >= 11 is 0. The van der Waals surface area contributed by atoms with Crippen LogP contribution < -0.4 is 10.0 Å². The summed E-state index contributed by atoms with van der Waals surface area (Å²) < 4.78 is 27.6. The van der Waals surface area contributed by atoms with Crippen LogP contribution in [0.1, 0.15) is 23.0 Å². The summed E-state index contributed by atoms with van der Waals surface area (Å²) in [7, 11) is -2.13. The first-order valence-electron chi connectivity index (χ1n) is 6.32. The van der Waals surface area contributed by atoms with Gasteiger partial charge >= 0.3 is 0 Å². The van der Waals surface area contributed by atoms with Crippen molar-refractivity contribution in [2.75, 3.05) is 11.9 Å². The molecule has 0 saturated carbocycles. The van der Waals surface area contributed by atoms with Crippen molar-refractivity contribution in [3.63, 3.8) is 0 Å². The fourth-order valence-electron chi connectivity index (χ4n) is 1.96. The van der Waals surface area contributed by atoms with Crippen LogP contribution in [-0.4, -0.2) is 21.4 Å². The lowest BCUT2D eigenvalue weighted by Crippen LogP contribution is -2.26. The second-order valence-corrected chi connectivity index (χ2v) is 6.08. The Morgan fingerprint density at radius 2 is 1.86 bits per heavy atom. The van der Waals surface area contributed by atoms with Crippen molar-refractivity contribution in [2.45, 2.75) is 18.2 Å². The summed E-state index contributed by atoms with van der Waals surface area (Å²) in [5.41, 5.74) is 1.06. The van der Waals surface area contributed by atoms with Gasteiger partial charge in [-0.25, -0.2) is 13.6 Å². The molecular formula is C14H16N2O4S. The van der Waals surface area contributed by atoms with Crippen LogP contribution in [0.5, 0.6) is 0 Å². The highest BCUT2D eigenvalue weighted by Gasteiger charge is 2.19. The molecule has 0 atom stereocenters. The van der Waals surface area contributed by atoms with E-state index in [1.54, 1.807) is 13.1 Å². The summed E-state index contributed by atoms with van der Waals surface area (Å²) in [5.74, 6) is 0.400. The van der Waals surface area contributed by atoms with Crippen molar-refractivity contribution < 1.29 is 17.6 Å². The minimum Gasteiger partial charge on any atom is -0.469 e. The molecule has 6 nitrogen and oxygen atoms in total. The minimum atomic E-state index is -3.74. The maximum absolute atomic E-state index is 12.4. The third-order valence-corrected chi connectivity index (χ3v) is 4.08. The predicted molar refractivity (Wildman–Crippen MR) is 78.6 cm³/mol. The highest BCUT2D eigenvalue weighted by atomic mass is 32.2. The number of sulfonamides is 1. The van der Waals surface area contributed by atoms with Crippen LogP contribution in [0.4, 0.5) is 5.69 Å². The topological polar surface area (TPSA) is 93.6 Å². The number of furan rings is 1. The smallest absolute Gasteiger partial charge is 0.261 e. The van der Waals surface area contributed by atoms with Gasteiger partial charge in [-0.1, -0.05) is 6.92 Å². The van der Waals surface area contributed by atoms with Gasteiger partial charge < -0.3 is 9.32 Å². The number of primary sulfonamides is 1. The number of nitrogens with two attached hydrogens (primary N) is 1. The molecule has 112 valence electrons. The van der Waals surface area contributed by atoms with Crippen LogP contribution in [0, 0.1) is 0 Å². The van der Waals surface area contributed by atoms with E-state index in [9.17, 15) is 13.2 Å². The Labute approximate surface area is 123 Å². The van der Waals surface area contributed by atoms with Crippen molar-refractivity contribution in [3.8, 4) is 0 Å². The maximum Gasteiger partial charge on any atom is 0.261 e. The lowest BCUT2D eigenvalue weighted by Gasteiger charge is -2.17. The first-order valence-corrected chi connectivity index (χ1v) is 7.86. The average Bonchev–Trinajstić information content (AvgIpc) is 2.93. The zero-order valence-corrected chi connectivity index (χ0v) is 12.6. The first-order chi connectivity index (χ1) is 9.84. The number of aryl methyl sites for hydroxylation is 1. The number of rotatable bonds is 4. The third-order valence-electron chi connectivity index (χ3n) is 3.15. The van der Waals surface area contributed by atoms with Gasteiger partial charge in [0.15, 0.2) is 0 Å². The van der Waals surface area contributed by atoms with Crippen molar-refractivity contribution >= 4 is 21.6 Å². The molecule has 1 amide bonds. The van der Waals surface area contributed by atoms with E-state index in [-0.39, 0.29) is 10.8 Å². The van der Waals surface area contributed by atoms with Crippen molar-refractivity contribution in [1.82, 2.24) is 0 Å². The molecule has 2 N–H and O–H groups in total. The highest BCUT2D eigenvalue weighted by molar-refractivity contribution is 7.89. The number of carbonyl (C=O) groups is 1. The first kappa shape index (κ1) is 15.3. The van der Waals surface area contributed by atoms with E-state index < -0.39 is 10.0 Å². The number of hydrogen-bond donors (Lipinski definition) is 1. The summed E-state index contributed by atoms with van der Waals surface area (Å²) in [6.45, 7) is 1.90. The standard InChI is InChI=1S/C14H16N2O4S/c1-3-13-12(8-9-20-13)14(17)16(2)10-4-6-11(7-5-10)21(15,18)19/h4-9H,3H2,1-2H3,(H2,15,18,19). The van der Waals surface area contributed by atoms with Crippen LogP contribution in [-0.2, 0) is 16.4 Å². The van der Waals surface area contributed by atoms with E-state index in [0.29, 0.717) is 23.4 Å². The predicted octanol–water partition coefficient (Wildman–Crippen LogP) is 1.77. The van der Waals surface area contributed by atoms with Crippen LogP contribution in [0.3, 0.4) is 0 Å². The molecule has 0 aliphatic heterocycles. The average molecular weight is 308 g/mol. The number of carbonyl (C=O) groups excluding carboxylic acids is 1. The van der Waals surface area contributed by atoms with E-state index in [2.05, 4.69) is 0 Å². The molecule has 0 aliphatic carbocycles. The Morgan fingerprint density at radius 3 is 2.38 bits per heavy atom. The normalized spacial score (nSPS) is 11.4. The number of nitrogens with zero attached hydrogens (tertiary/aromatic N) is 1. The molecule has 0 saturated heterocycles. The molecule has 0 spiro atoms. The maximum atomic E-state index is 12.4. The van der Waals surface area contributed by atoms with Gasteiger partial charge in [-0.15, -0.1) is 0 Å². The summed E-state index contributed by atoms with van der Waals surface area (Å²) in [4.78, 5) is 13.8. The molecule has 0 fully saturated rings. The SMILES string of the molecule is CCc1occc1C(=O)N(C)c1ccc(S(N)(=O)=O)cc1. The summed E-state index contributed by atoms with van der Waals surface area (Å²) in [6.07, 6.45) is 2.09. The van der Waals surface area contributed by atoms with Gasteiger partial charge in [0.1, 0.15) is 5.76 Å². The van der Waals surface area contributed by atoms with Crippen LogP contribution >= 0.6 is 0 Å². The molecule has 2 rings (SSSR count). The number of anilines is 1. The molecule has 1 heterocycles. The molecule has 0 unspecified atom stereocenters. The largest absolute Gasteiger partial charge is 0.469 e. The Bertz CT molecular complexity index is 748. The minimum absolute atomic E-state index is 0.00431. The fourth-order valence-corrected chi connectivity index (χ4v) is 2.48. The zero-order valence-electron chi connectivity index (χ0n) is 11.7.